The van der Waals surface area contributed by atoms with Crippen LogP contribution in [0.3, 0.4) is 0 Å². The van der Waals surface area contributed by atoms with Crippen molar-refractivity contribution in [3.63, 3.8) is 0 Å². The van der Waals surface area contributed by atoms with E-state index < -0.39 is 0 Å². The lowest BCUT2D eigenvalue weighted by Gasteiger charge is -2.12. The Morgan fingerprint density at radius 3 is 2.05 bits per heavy atom. The van der Waals surface area contributed by atoms with Crippen LogP contribution in [0.4, 0.5) is 16.2 Å². The van der Waals surface area contributed by atoms with Crippen LogP contribution in [-0.2, 0) is 0 Å². The van der Waals surface area contributed by atoms with Crippen LogP contribution in [-0.4, -0.2) is 19.2 Å². The number of carbonyl (C=O) groups excluding carboxylic acids is 1. The predicted molar refractivity (Wildman–Crippen MR) is 87.8 cm³/mol. The molecule has 0 aliphatic rings. The van der Waals surface area contributed by atoms with Crippen LogP contribution in [0.1, 0.15) is 13.8 Å². The molecule has 22 heavy (non-hydrogen) atoms. The molecule has 0 aliphatic carbocycles. The standard InChI is InChI=1S/C17H20N2O3/c1-12(2)22-16-9-5-7-14(11-16)19-17(20)18-13-6-4-8-15(10-13)21-3/h4-12H,1-3H3,(H2,18,19,20). The monoisotopic (exact) mass is 300 g/mol. The van der Waals surface area contributed by atoms with Crippen molar-refractivity contribution in [3.05, 3.63) is 48.5 Å². The van der Waals surface area contributed by atoms with Gasteiger partial charge in [0, 0.05) is 23.5 Å². The second kappa shape index (κ2) is 7.36. The predicted octanol–water partition coefficient (Wildman–Crippen LogP) is 4.13. The van der Waals surface area contributed by atoms with E-state index in [2.05, 4.69) is 10.6 Å². The topological polar surface area (TPSA) is 59.6 Å². The molecule has 5 heteroatoms. The Labute approximate surface area is 130 Å². The normalized spacial score (nSPS) is 10.2. The molecule has 116 valence electrons. The average Bonchev–Trinajstić information content (AvgIpc) is 2.47. The number of nitrogens with one attached hydrogen (secondary N) is 2. The van der Waals surface area contributed by atoms with E-state index in [0.29, 0.717) is 22.9 Å². The maximum absolute atomic E-state index is 12.0. The van der Waals surface area contributed by atoms with Crippen LogP contribution < -0.4 is 20.1 Å². The largest absolute Gasteiger partial charge is 0.497 e. The van der Waals surface area contributed by atoms with Crippen molar-refractivity contribution in [3.8, 4) is 11.5 Å². The number of carbonyl (C=O) groups is 1. The summed E-state index contributed by atoms with van der Waals surface area (Å²) in [6.07, 6.45) is 0.0841. The molecule has 2 amide bonds. The van der Waals surface area contributed by atoms with Crippen LogP contribution in [0.5, 0.6) is 11.5 Å². The van der Waals surface area contributed by atoms with Gasteiger partial charge in [0.2, 0.25) is 0 Å². The van der Waals surface area contributed by atoms with Gasteiger partial charge in [-0.15, -0.1) is 0 Å². The van der Waals surface area contributed by atoms with Crippen molar-refractivity contribution in [1.29, 1.82) is 0 Å². The van der Waals surface area contributed by atoms with E-state index in [9.17, 15) is 4.79 Å². The molecule has 0 atom stereocenters. The molecule has 0 spiro atoms. The maximum Gasteiger partial charge on any atom is 0.323 e. The third kappa shape index (κ3) is 4.70. The highest BCUT2D eigenvalue weighted by molar-refractivity contribution is 5.99. The summed E-state index contributed by atoms with van der Waals surface area (Å²) in [7, 11) is 1.58. The summed E-state index contributed by atoms with van der Waals surface area (Å²) in [5, 5.41) is 5.53. The first-order chi connectivity index (χ1) is 10.6. The van der Waals surface area contributed by atoms with Crippen LogP contribution in [0, 0.1) is 0 Å². The number of urea groups is 1. The lowest BCUT2D eigenvalue weighted by Crippen LogP contribution is -2.19. The molecular weight excluding hydrogens is 280 g/mol. The molecule has 0 heterocycles. The summed E-state index contributed by atoms with van der Waals surface area (Å²) in [6, 6.07) is 14.1. The Hall–Kier alpha value is -2.69. The number of hydrogen-bond acceptors (Lipinski definition) is 3. The quantitative estimate of drug-likeness (QED) is 0.873. The number of hydrogen-bond donors (Lipinski definition) is 2. The van der Waals surface area contributed by atoms with E-state index in [-0.39, 0.29) is 12.1 Å². The van der Waals surface area contributed by atoms with Gasteiger partial charge in [-0.1, -0.05) is 12.1 Å². The van der Waals surface area contributed by atoms with Crippen LogP contribution in [0.2, 0.25) is 0 Å². The smallest absolute Gasteiger partial charge is 0.323 e. The van der Waals surface area contributed by atoms with Crippen molar-refractivity contribution in [2.75, 3.05) is 17.7 Å². The Morgan fingerprint density at radius 1 is 0.955 bits per heavy atom. The zero-order valence-corrected chi connectivity index (χ0v) is 12.9. The summed E-state index contributed by atoms with van der Waals surface area (Å²) in [5.41, 5.74) is 1.32. The molecule has 0 saturated heterocycles. The van der Waals surface area contributed by atoms with Gasteiger partial charge in [0.15, 0.2) is 0 Å². The molecule has 2 N–H and O–H groups in total. The van der Waals surface area contributed by atoms with E-state index >= 15 is 0 Å². The summed E-state index contributed by atoms with van der Waals surface area (Å²) >= 11 is 0. The van der Waals surface area contributed by atoms with E-state index in [1.807, 2.05) is 38.1 Å². The number of methoxy groups -OCH3 is 1. The SMILES string of the molecule is COc1cccc(NC(=O)Nc2cccc(OC(C)C)c2)c1. The fourth-order valence-electron chi connectivity index (χ4n) is 1.91. The zero-order valence-electron chi connectivity index (χ0n) is 12.9. The fraction of sp³-hybridized carbons (Fsp3) is 0.235. The summed E-state index contributed by atoms with van der Waals surface area (Å²) in [6.45, 7) is 3.91. The van der Waals surface area contributed by atoms with E-state index in [1.165, 1.54) is 0 Å². The number of ether oxygens (including phenoxy) is 2. The minimum Gasteiger partial charge on any atom is -0.497 e. The average molecular weight is 300 g/mol. The van der Waals surface area contributed by atoms with Gasteiger partial charge in [-0.05, 0) is 38.1 Å². The minimum absolute atomic E-state index is 0.0841. The molecule has 5 nitrogen and oxygen atoms in total. The molecule has 0 aromatic heterocycles. The van der Waals surface area contributed by atoms with Crippen molar-refractivity contribution in [2.24, 2.45) is 0 Å². The van der Waals surface area contributed by atoms with Gasteiger partial charge in [-0.3, -0.25) is 0 Å². The summed E-state index contributed by atoms with van der Waals surface area (Å²) in [5.74, 6) is 1.40. The number of anilines is 2. The van der Waals surface area contributed by atoms with Gasteiger partial charge in [-0.25, -0.2) is 4.79 Å². The van der Waals surface area contributed by atoms with Crippen molar-refractivity contribution in [1.82, 2.24) is 0 Å². The first kappa shape index (κ1) is 15.7. The number of amides is 2. The fourth-order valence-corrected chi connectivity index (χ4v) is 1.91. The molecule has 0 saturated carbocycles. The highest BCUT2D eigenvalue weighted by Gasteiger charge is 2.05. The molecule has 0 radical (unpaired) electrons. The number of benzene rings is 2. The molecule has 0 bridgehead atoms. The Kier molecular flexibility index (Phi) is 5.25. The van der Waals surface area contributed by atoms with Crippen molar-refractivity contribution < 1.29 is 14.3 Å². The zero-order chi connectivity index (χ0) is 15.9. The van der Waals surface area contributed by atoms with E-state index in [4.69, 9.17) is 9.47 Å². The molecule has 0 unspecified atom stereocenters. The van der Waals surface area contributed by atoms with Crippen molar-refractivity contribution >= 4 is 17.4 Å². The minimum atomic E-state index is -0.324. The maximum atomic E-state index is 12.0. The van der Waals surface area contributed by atoms with Gasteiger partial charge in [0.05, 0.1) is 13.2 Å². The molecular formula is C17H20N2O3. The Balaban J connectivity index is 1.99. The first-order valence-electron chi connectivity index (χ1n) is 7.05. The highest BCUT2D eigenvalue weighted by atomic mass is 16.5. The second-order valence-corrected chi connectivity index (χ2v) is 5.01. The van der Waals surface area contributed by atoms with Crippen molar-refractivity contribution in [2.45, 2.75) is 20.0 Å². The lowest BCUT2D eigenvalue weighted by atomic mass is 10.3. The summed E-state index contributed by atoms with van der Waals surface area (Å²) < 4.78 is 10.7. The lowest BCUT2D eigenvalue weighted by molar-refractivity contribution is 0.242. The molecule has 0 aliphatic heterocycles. The Bertz CT molecular complexity index is 641. The molecule has 0 fully saturated rings. The molecule has 2 aromatic carbocycles. The van der Waals surface area contributed by atoms with Gasteiger partial charge in [0.25, 0.3) is 0 Å². The van der Waals surface area contributed by atoms with Gasteiger partial charge in [0.1, 0.15) is 11.5 Å². The van der Waals surface area contributed by atoms with Gasteiger partial charge in [-0.2, -0.15) is 0 Å². The van der Waals surface area contributed by atoms with Crippen LogP contribution >= 0.6 is 0 Å². The highest BCUT2D eigenvalue weighted by Crippen LogP contribution is 2.20. The first-order valence-corrected chi connectivity index (χ1v) is 7.05. The third-order valence-corrected chi connectivity index (χ3v) is 2.79. The third-order valence-electron chi connectivity index (χ3n) is 2.79. The second-order valence-electron chi connectivity index (χ2n) is 5.01. The van der Waals surface area contributed by atoms with Gasteiger partial charge < -0.3 is 20.1 Å². The molecule has 2 aromatic rings. The Morgan fingerprint density at radius 2 is 1.50 bits per heavy atom. The van der Waals surface area contributed by atoms with E-state index in [0.717, 1.165) is 0 Å². The molecule has 2 rings (SSSR count). The van der Waals surface area contributed by atoms with Gasteiger partial charge >= 0.3 is 6.03 Å². The van der Waals surface area contributed by atoms with Crippen LogP contribution in [0.25, 0.3) is 0 Å². The number of rotatable bonds is 5. The van der Waals surface area contributed by atoms with Crippen LogP contribution in [0.15, 0.2) is 48.5 Å². The van der Waals surface area contributed by atoms with E-state index in [1.54, 1.807) is 31.4 Å². The summed E-state index contributed by atoms with van der Waals surface area (Å²) in [4.78, 5) is 12.0.